The summed E-state index contributed by atoms with van der Waals surface area (Å²) in [5.41, 5.74) is 0. The van der Waals surface area contributed by atoms with E-state index in [-0.39, 0.29) is 34.4 Å². The smallest absolute Gasteiger partial charge is 0.234 e. The van der Waals surface area contributed by atoms with Crippen LogP contribution < -0.4 is 10.6 Å². The molecule has 6 nitrogen and oxygen atoms in total. The highest BCUT2D eigenvalue weighted by Crippen LogP contribution is 2.41. The fourth-order valence-corrected chi connectivity index (χ4v) is 4.72. The van der Waals surface area contributed by atoms with Crippen LogP contribution in [0, 0.1) is 5.92 Å². The first-order valence-electron chi connectivity index (χ1n) is 10.2. The molecule has 0 aromatic carbocycles. The van der Waals surface area contributed by atoms with E-state index in [1.54, 1.807) is 11.8 Å². The summed E-state index contributed by atoms with van der Waals surface area (Å²) in [5.74, 6) is 0.705. The number of thioether (sulfide) groups is 1. The summed E-state index contributed by atoms with van der Waals surface area (Å²) in [6.07, 6.45) is 4.07. The third-order valence-corrected chi connectivity index (χ3v) is 6.84. The van der Waals surface area contributed by atoms with E-state index in [1.807, 2.05) is 20.9 Å². The molecule has 0 bridgehead atoms. The van der Waals surface area contributed by atoms with Crippen LogP contribution in [0.25, 0.3) is 0 Å². The summed E-state index contributed by atoms with van der Waals surface area (Å²) in [6.45, 7) is 9.46. The Labute approximate surface area is 168 Å². The fraction of sp³-hybridized carbons (Fsp3) is 0.850. The first-order chi connectivity index (χ1) is 12.7. The number of hydrogen-bond donors (Lipinski definition) is 2. The summed E-state index contributed by atoms with van der Waals surface area (Å²) in [7, 11) is 1.92. The highest BCUT2D eigenvalue weighted by molar-refractivity contribution is 8.00. The monoisotopic (exact) mass is 399 g/mol. The Bertz CT molecular complexity index is 513. The molecule has 2 unspecified atom stereocenters. The molecule has 1 saturated heterocycles. The third kappa shape index (κ3) is 7.45. The first kappa shape index (κ1) is 24.0. The van der Waals surface area contributed by atoms with E-state index in [0.717, 1.165) is 38.0 Å². The summed E-state index contributed by atoms with van der Waals surface area (Å²) < 4.78 is -0.201. The molecule has 0 aliphatic carbocycles. The van der Waals surface area contributed by atoms with E-state index < -0.39 is 0 Å². The standard InChI is InChI=1S/C20H37N3O3S/c1-6-20(4,27-13-11-21-5)16-14-18(25)23(19(16)26)12-9-7-8-10-17(24)22-15(2)3/h15-16,21H,6-14H2,1-5H3,(H,22,24). The van der Waals surface area contributed by atoms with Gasteiger partial charge in [0.2, 0.25) is 17.7 Å². The summed E-state index contributed by atoms with van der Waals surface area (Å²) in [4.78, 5) is 38.3. The normalized spacial score (nSPS) is 19.6. The van der Waals surface area contributed by atoms with Gasteiger partial charge in [-0.1, -0.05) is 13.3 Å². The Morgan fingerprint density at radius 3 is 2.59 bits per heavy atom. The largest absolute Gasteiger partial charge is 0.354 e. The van der Waals surface area contributed by atoms with Crippen molar-refractivity contribution < 1.29 is 14.4 Å². The predicted molar refractivity (Wildman–Crippen MR) is 112 cm³/mol. The van der Waals surface area contributed by atoms with Crippen LogP contribution in [0.3, 0.4) is 0 Å². The van der Waals surface area contributed by atoms with Crippen LogP contribution in [0.1, 0.15) is 66.2 Å². The Morgan fingerprint density at radius 2 is 2.00 bits per heavy atom. The van der Waals surface area contributed by atoms with E-state index in [0.29, 0.717) is 19.4 Å². The van der Waals surface area contributed by atoms with Gasteiger partial charge in [-0.05, 0) is 47.1 Å². The number of nitrogens with zero attached hydrogens (tertiary/aromatic N) is 1. The number of carbonyl (C=O) groups excluding carboxylic acids is 3. The highest BCUT2D eigenvalue weighted by Gasteiger charge is 2.47. The number of amides is 3. The number of nitrogens with one attached hydrogen (secondary N) is 2. The lowest BCUT2D eigenvalue weighted by Crippen LogP contribution is -2.39. The lowest BCUT2D eigenvalue weighted by Gasteiger charge is -2.32. The number of unbranched alkanes of at least 4 members (excludes halogenated alkanes) is 2. The van der Waals surface area contributed by atoms with Gasteiger partial charge in [-0.15, -0.1) is 0 Å². The molecule has 0 spiro atoms. The van der Waals surface area contributed by atoms with Gasteiger partial charge >= 0.3 is 0 Å². The minimum Gasteiger partial charge on any atom is -0.354 e. The number of hydrogen-bond acceptors (Lipinski definition) is 5. The number of imide groups is 1. The molecule has 7 heteroatoms. The molecule has 0 radical (unpaired) electrons. The molecule has 0 aromatic heterocycles. The molecule has 2 N–H and O–H groups in total. The van der Waals surface area contributed by atoms with Crippen molar-refractivity contribution in [3.63, 3.8) is 0 Å². The van der Waals surface area contributed by atoms with Gasteiger partial charge in [0.25, 0.3) is 0 Å². The second-order valence-electron chi connectivity index (χ2n) is 7.79. The van der Waals surface area contributed by atoms with Crippen LogP contribution in [0.15, 0.2) is 0 Å². The van der Waals surface area contributed by atoms with Crippen LogP contribution in [0.2, 0.25) is 0 Å². The van der Waals surface area contributed by atoms with Gasteiger partial charge in [0, 0.05) is 42.5 Å². The Morgan fingerprint density at radius 1 is 1.30 bits per heavy atom. The molecule has 1 heterocycles. The van der Waals surface area contributed by atoms with Crippen LogP contribution in [0.4, 0.5) is 0 Å². The van der Waals surface area contributed by atoms with Crippen molar-refractivity contribution in [2.24, 2.45) is 5.92 Å². The summed E-state index contributed by atoms with van der Waals surface area (Å²) in [6, 6.07) is 0.160. The average molecular weight is 400 g/mol. The Balaban J connectivity index is 2.46. The second-order valence-corrected chi connectivity index (χ2v) is 9.42. The number of carbonyl (C=O) groups is 3. The zero-order valence-corrected chi connectivity index (χ0v) is 18.4. The van der Waals surface area contributed by atoms with Crippen LogP contribution in [-0.2, 0) is 14.4 Å². The van der Waals surface area contributed by atoms with Crippen molar-refractivity contribution in [2.45, 2.75) is 77.0 Å². The van der Waals surface area contributed by atoms with E-state index >= 15 is 0 Å². The molecule has 0 aromatic rings. The van der Waals surface area contributed by atoms with E-state index in [2.05, 4.69) is 24.5 Å². The number of rotatable bonds is 13. The lowest BCUT2D eigenvalue weighted by atomic mass is 9.89. The molecule has 2 atom stereocenters. The molecular formula is C20H37N3O3S. The predicted octanol–water partition coefficient (Wildman–Crippen LogP) is 2.57. The molecule has 1 fully saturated rings. The summed E-state index contributed by atoms with van der Waals surface area (Å²) in [5, 5.41) is 6.00. The first-order valence-corrected chi connectivity index (χ1v) is 11.2. The Kier molecular flexibility index (Phi) is 10.4. The fourth-order valence-electron chi connectivity index (χ4n) is 3.36. The van der Waals surface area contributed by atoms with Crippen molar-refractivity contribution in [3.8, 4) is 0 Å². The van der Waals surface area contributed by atoms with E-state index in [9.17, 15) is 14.4 Å². The van der Waals surface area contributed by atoms with Crippen molar-refractivity contribution >= 4 is 29.5 Å². The number of likely N-dealkylation sites (tertiary alicyclic amines) is 1. The molecule has 27 heavy (non-hydrogen) atoms. The zero-order chi connectivity index (χ0) is 20.4. The lowest BCUT2D eigenvalue weighted by molar-refractivity contribution is -0.139. The van der Waals surface area contributed by atoms with Crippen molar-refractivity contribution in [1.82, 2.24) is 15.5 Å². The zero-order valence-electron chi connectivity index (χ0n) is 17.6. The van der Waals surface area contributed by atoms with Gasteiger partial charge in [-0.3, -0.25) is 19.3 Å². The maximum absolute atomic E-state index is 12.9. The topological polar surface area (TPSA) is 78.5 Å². The minimum atomic E-state index is -0.228. The van der Waals surface area contributed by atoms with Gasteiger partial charge in [-0.2, -0.15) is 11.8 Å². The molecular weight excluding hydrogens is 362 g/mol. The van der Waals surface area contributed by atoms with Crippen LogP contribution >= 0.6 is 11.8 Å². The van der Waals surface area contributed by atoms with E-state index in [1.165, 1.54) is 4.90 Å². The van der Waals surface area contributed by atoms with Crippen molar-refractivity contribution in [1.29, 1.82) is 0 Å². The Hall–Kier alpha value is -1.08. The van der Waals surface area contributed by atoms with Crippen LogP contribution in [-0.4, -0.2) is 59.3 Å². The minimum absolute atomic E-state index is 0.0149. The quantitative estimate of drug-likeness (QED) is 0.368. The molecule has 1 rings (SSSR count). The van der Waals surface area contributed by atoms with Gasteiger partial charge in [0.05, 0.1) is 5.92 Å². The van der Waals surface area contributed by atoms with Gasteiger partial charge in [-0.25, -0.2) is 0 Å². The van der Waals surface area contributed by atoms with Crippen LogP contribution in [0.5, 0.6) is 0 Å². The third-order valence-electron chi connectivity index (χ3n) is 5.20. The highest BCUT2D eigenvalue weighted by atomic mass is 32.2. The van der Waals surface area contributed by atoms with Crippen molar-refractivity contribution in [2.75, 3.05) is 25.9 Å². The average Bonchev–Trinajstić information content (AvgIpc) is 2.89. The maximum Gasteiger partial charge on any atom is 0.234 e. The van der Waals surface area contributed by atoms with Gasteiger partial charge in [0.15, 0.2) is 0 Å². The molecule has 1 aliphatic heterocycles. The second kappa shape index (κ2) is 11.7. The van der Waals surface area contributed by atoms with Gasteiger partial charge in [0.1, 0.15) is 0 Å². The van der Waals surface area contributed by atoms with E-state index in [4.69, 9.17) is 0 Å². The molecule has 3 amide bonds. The molecule has 0 saturated carbocycles. The molecule has 1 aliphatic rings. The SMILES string of the molecule is CCC(C)(SCCNC)C1CC(=O)N(CCCCCC(=O)NC(C)C)C1=O. The maximum atomic E-state index is 12.9. The summed E-state index contributed by atoms with van der Waals surface area (Å²) >= 11 is 1.79. The molecule has 156 valence electrons. The van der Waals surface area contributed by atoms with Gasteiger partial charge < -0.3 is 10.6 Å². The van der Waals surface area contributed by atoms with Crippen molar-refractivity contribution in [3.05, 3.63) is 0 Å².